The van der Waals surface area contributed by atoms with E-state index in [-0.39, 0.29) is 17.4 Å². The minimum absolute atomic E-state index is 0.00872. The molecule has 8 heteroatoms. The maximum atomic E-state index is 12.1. The van der Waals surface area contributed by atoms with Crippen LogP contribution in [0.25, 0.3) is 16.7 Å². The maximum absolute atomic E-state index is 12.1. The van der Waals surface area contributed by atoms with Crippen LogP contribution < -0.4 is 5.14 Å². The molecule has 2 aromatic rings. The number of primary sulfonamides is 1. The van der Waals surface area contributed by atoms with Crippen LogP contribution in [-0.2, 0) is 10.0 Å². The van der Waals surface area contributed by atoms with E-state index in [1.807, 2.05) is 36.4 Å². The average Bonchev–Trinajstić information content (AvgIpc) is 3.34. The summed E-state index contributed by atoms with van der Waals surface area (Å²) < 4.78 is 24.1. The van der Waals surface area contributed by atoms with E-state index >= 15 is 0 Å². The average molecular weight is 365 g/mol. The third-order valence-corrected chi connectivity index (χ3v) is 5.17. The first kappa shape index (κ1) is 16.5. The van der Waals surface area contributed by atoms with Crippen LogP contribution in [0.4, 0.5) is 0 Å². The summed E-state index contributed by atoms with van der Waals surface area (Å²) in [6.07, 6.45) is 3.77. The molecule has 0 atom stereocenters. The van der Waals surface area contributed by atoms with Crippen LogP contribution in [-0.4, -0.2) is 33.7 Å². The molecule has 26 heavy (non-hydrogen) atoms. The first-order valence-electron chi connectivity index (χ1n) is 7.92. The number of hydrogen-bond acceptors (Lipinski definition) is 6. The number of benzene rings is 2. The molecule has 2 aliphatic heterocycles. The van der Waals surface area contributed by atoms with Crippen LogP contribution in [0, 0.1) is 0 Å². The highest BCUT2D eigenvalue weighted by Crippen LogP contribution is 2.31. The SMILES string of the molecule is NS(=O)(=O)c1cccc(-c2ccc(C3=CC=NC3)cc2)c1C1=NCN=N1. The van der Waals surface area contributed by atoms with Gasteiger partial charge in [0.1, 0.15) is 0 Å². The largest absolute Gasteiger partial charge is 0.288 e. The fourth-order valence-corrected chi connectivity index (χ4v) is 3.75. The van der Waals surface area contributed by atoms with E-state index in [4.69, 9.17) is 5.14 Å². The molecule has 2 N–H and O–H groups in total. The molecule has 0 saturated heterocycles. The molecule has 0 radical (unpaired) electrons. The fraction of sp³-hybridized carbons (Fsp3) is 0.111. The summed E-state index contributed by atoms with van der Waals surface area (Å²) in [4.78, 5) is 8.37. The van der Waals surface area contributed by atoms with Crippen LogP contribution in [0.2, 0.25) is 0 Å². The summed E-state index contributed by atoms with van der Waals surface area (Å²) in [5.41, 5.74) is 4.14. The lowest BCUT2D eigenvalue weighted by atomic mass is 9.96. The Labute approximate surface area is 150 Å². The Morgan fingerprint density at radius 3 is 2.38 bits per heavy atom. The minimum atomic E-state index is -3.93. The van der Waals surface area contributed by atoms with E-state index in [0.717, 1.165) is 16.7 Å². The third kappa shape index (κ3) is 3.00. The number of amidine groups is 1. The lowest BCUT2D eigenvalue weighted by molar-refractivity contribution is 0.597. The highest BCUT2D eigenvalue weighted by Gasteiger charge is 2.23. The number of sulfonamides is 1. The smallest absolute Gasteiger partial charge is 0.238 e. The molecule has 130 valence electrons. The topological polar surface area (TPSA) is 110 Å². The molecule has 0 aliphatic carbocycles. The van der Waals surface area contributed by atoms with Crippen molar-refractivity contribution < 1.29 is 8.42 Å². The lowest BCUT2D eigenvalue weighted by Crippen LogP contribution is -2.17. The van der Waals surface area contributed by atoms with Crippen LogP contribution in [0.3, 0.4) is 0 Å². The van der Waals surface area contributed by atoms with Gasteiger partial charge in [0.2, 0.25) is 10.0 Å². The van der Waals surface area contributed by atoms with E-state index in [2.05, 4.69) is 20.2 Å². The van der Waals surface area contributed by atoms with Gasteiger partial charge in [-0.1, -0.05) is 36.4 Å². The molecule has 2 heterocycles. The van der Waals surface area contributed by atoms with Crippen LogP contribution >= 0.6 is 0 Å². The molecule has 4 rings (SSSR count). The van der Waals surface area contributed by atoms with E-state index in [0.29, 0.717) is 17.7 Å². The Morgan fingerprint density at radius 1 is 1.00 bits per heavy atom. The normalized spacial score (nSPS) is 16.0. The van der Waals surface area contributed by atoms with Gasteiger partial charge in [-0.25, -0.2) is 18.5 Å². The lowest BCUT2D eigenvalue weighted by Gasteiger charge is -2.13. The van der Waals surface area contributed by atoms with Gasteiger partial charge in [0.25, 0.3) is 0 Å². The zero-order valence-corrected chi connectivity index (χ0v) is 14.5. The maximum Gasteiger partial charge on any atom is 0.238 e. The zero-order valence-electron chi connectivity index (χ0n) is 13.7. The highest BCUT2D eigenvalue weighted by atomic mass is 32.2. The van der Waals surface area contributed by atoms with E-state index in [9.17, 15) is 8.42 Å². The molecule has 0 bridgehead atoms. The van der Waals surface area contributed by atoms with E-state index in [1.165, 1.54) is 6.07 Å². The van der Waals surface area contributed by atoms with Crippen LogP contribution in [0.15, 0.2) is 73.6 Å². The summed E-state index contributed by atoms with van der Waals surface area (Å²) in [7, 11) is -3.93. The Hall–Kier alpha value is -2.97. The van der Waals surface area contributed by atoms with Crippen molar-refractivity contribution in [1.82, 2.24) is 0 Å². The van der Waals surface area contributed by atoms with Crippen molar-refractivity contribution in [3.63, 3.8) is 0 Å². The number of allylic oxidation sites excluding steroid dienone is 1. The quantitative estimate of drug-likeness (QED) is 0.898. The van der Waals surface area contributed by atoms with Gasteiger partial charge in [0.05, 0.1) is 11.4 Å². The Kier molecular flexibility index (Phi) is 4.06. The minimum Gasteiger partial charge on any atom is -0.288 e. The van der Waals surface area contributed by atoms with Gasteiger partial charge in [-0.05, 0) is 34.4 Å². The molecule has 0 spiro atoms. The predicted molar refractivity (Wildman–Crippen MR) is 101 cm³/mol. The van der Waals surface area contributed by atoms with E-state index in [1.54, 1.807) is 12.3 Å². The summed E-state index contributed by atoms with van der Waals surface area (Å²) >= 11 is 0. The summed E-state index contributed by atoms with van der Waals surface area (Å²) in [6, 6.07) is 12.8. The van der Waals surface area contributed by atoms with Gasteiger partial charge in [-0.15, -0.1) is 5.11 Å². The van der Waals surface area contributed by atoms with Crippen molar-refractivity contribution in [2.24, 2.45) is 25.4 Å². The standard InChI is InChI=1S/C18H15N5O2S/c19-26(24,25)16-3-1-2-15(17(16)18-21-11-22-23-18)13-6-4-12(5-7-13)14-8-9-20-10-14/h1-9H,10-11H2,(H2,19,24,25). The molecule has 0 aromatic heterocycles. The Bertz CT molecular complexity index is 1100. The van der Waals surface area contributed by atoms with Gasteiger partial charge < -0.3 is 0 Å². The monoisotopic (exact) mass is 365 g/mol. The molecule has 0 unspecified atom stereocenters. The molecule has 0 fully saturated rings. The number of aliphatic imine (C=N–C) groups is 2. The highest BCUT2D eigenvalue weighted by molar-refractivity contribution is 7.89. The van der Waals surface area contributed by atoms with Gasteiger partial charge in [0, 0.05) is 11.8 Å². The first-order chi connectivity index (χ1) is 12.5. The number of nitrogens with zero attached hydrogens (tertiary/aromatic N) is 4. The van der Waals surface area contributed by atoms with Crippen molar-refractivity contribution in [2.45, 2.75) is 4.90 Å². The number of rotatable bonds is 4. The van der Waals surface area contributed by atoms with Gasteiger partial charge in [-0.3, -0.25) is 4.99 Å². The molecular weight excluding hydrogens is 350 g/mol. The van der Waals surface area contributed by atoms with Crippen molar-refractivity contribution >= 4 is 27.6 Å². The summed E-state index contributed by atoms with van der Waals surface area (Å²) in [6.45, 7) is 0.851. The number of nitrogens with two attached hydrogens (primary N) is 1. The summed E-state index contributed by atoms with van der Waals surface area (Å²) in [5, 5.41) is 13.2. The number of azo groups is 1. The molecule has 7 nitrogen and oxygen atoms in total. The second-order valence-electron chi connectivity index (χ2n) is 5.85. The van der Waals surface area contributed by atoms with Gasteiger partial charge in [-0.2, -0.15) is 5.11 Å². The molecular formula is C18H15N5O2S. The molecule has 2 aromatic carbocycles. The van der Waals surface area contributed by atoms with Crippen molar-refractivity contribution in [3.05, 3.63) is 59.7 Å². The second kappa shape index (κ2) is 6.40. The number of hydrogen-bond donors (Lipinski definition) is 1. The van der Waals surface area contributed by atoms with E-state index < -0.39 is 10.0 Å². The Balaban J connectivity index is 1.85. The zero-order chi connectivity index (χ0) is 18.1. The molecule has 0 saturated carbocycles. The molecule has 0 amide bonds. The summed E-state index contributed by atoms with van der Waals surface area (Å²) in [5.74, 6) is 0.278. The third-order valence-electron chi connectivity index (χ3n) is 4.21. The first-order valence-corrected chi connectivity index (χ1v) is 9.46. The molecule has 2 aliphatic rings. The van der Waals surface area contributed by atoms with Gasteiger partial charge in [0.15, 0.2) is 12.5 Å². The second-order valence-corrected chi connectivity index (χ2v) is 7.38. The van der Waals surface area contributed by atoms with Gasteiger partial charge >= 0.3 is 0 Å². The Morgan fingerprint density at radius 2 is 1.77 bits per heavy atom. The van der Waals surface area contributed by atoms with Crippen molar-refractivity contribution in [1.29, 1.82) is 0 Å². The van der Waals surface area contributed by atoms with Crippen molar-refractivity contribution in [3.8, 4) is 11.1 Å². The predicted octanol–water partition coefficient (Wildman–Crippen LogP) is 2.64. The van der Waals surface area contributed by atoms with Crippen LogP contribution in [0.1, 0.15) is 11.1 Å². The van der Waals surface area contributed by atoms with Crippen LogP contribution in [0.5, 0.6) is 0 Å². The fourth-order valence-electron chi connectivity index (χ4n) is 3.00. The van der Waals surface area contributed by atoms with Crippen molar-refractivity contribution in [2.75, 3.05) is 13.2 Å².